The van der Waals surface area contributed by atoms with Crippen LogP contribution in [0.15, 0.2) is 53.5 Å². The van der Waals surface area contributed by atoms with Crippen LogP contribution < -0.4 is 10.9 Å². The van der Waals surface area contributed by atoms with Crippen LogP contribution in [-0.2, 0) is 16.0 Å². The molecule has 180 valence electrons. The van der Waals surface area contributed by atoms with Crippen molar-refractivity contribution in [3.05, 3.63) is 64.7 Å². The predicted molar refractivity (Wildman–Crippen MR) is 137 cm³/mol. The Kier molecular flexibility index (Phi) is 7.87. The van der Waals surface area contributed by atoms with Gasteiger partial charge in [0.25, 0.3) is 5.56 Å². The van der Waals surface area contributed by atoms with Gasteiger partial charge in [0.2, 0.25) is 0 Å². The van der Waals surface area contributed by atoms with Crippen LogP contribution in [0, 0.1) is 5.41 Å². The number of aryl methyl sites for hydroxylation is 1. The molecule has 2 N–H and O–H groups in total. The first-order chi connectivity index (χ1) is 16.1. The summed E-state index contributed by atoms with van der Waals surface area (Å²) in [6.07, 6.45) is 4.72. The quantitative estimate of drug-likeness (QED) is 0.334. The standard InChI is InChI=1S/C27H34N4O3/c1-6-7-10-22-24(25(32)31-16-9-8-11-23(31)30-22)19-12-14-20(15-13-19)29-18(2)17-21(28)26(33)34-27(3,4)5/h8-9,11-16,18,28-29H,6-7,10,17H2,1-5H3/t18-/m0/s1. The highest BCUT2D eigenvalue weighted by Crippen LogP contribution is 2.24. The Morgan fingerprint density at radius 3 is 2.53 bits per heavy atom. The molecule has 0 saturated carbocycles. The lowest BCUT2D eigenvalue weighted by Gasteiger charge is -2.21. The van der Waals surface area contributed by atoms with Gasteiger partial charge in [-0.05, 0) is 70.4 Å². The Hall–Kier alpha value is -3.48. The minimum Gasteiger partial charge on any atom is -0.456 e. The number of pyridine rings is 1. The third kappa shape index (κ3) is 6.31. The maximum Gasteiger partial charge on any atom is 0.352 e. The largest absolute Gasteiger partial charge is 0.456 e. The molecule has 0 bridgehead atoms. The molecule has 0 unspecified atom stereocenters. The highest BCUT2D eigenvalue weighted by atomic mass is 16.6. The lowest BCUT2D eigenvalue weighted by molar-refractivity contribution is -0.146. The Bertz CT molecular complexity index is 1220. The maximum atomic E-state index is 13.3. The number of aromatic nitrogens is 2. The molecule has 7 nitrogen and oxygen atoms in total. The number of unbranched alkanes of at least 4 members (excludes halogenated alkanes) is 1. The molecule has 2 aromatic heterocycles. The number of esters is 1. The second kappa shape index (κ2) is 10.6. The average molecular weight is 463 g/mol. The van der Waals surface area contributed by atoms with Crippen LogP contribution in [-0.4, -0.2) is 32.7 Å². The summed E-state index contributed by atoms with van der Waals surface area (Å²) < 4.78 is 6.85. The van der Waals surface area contributed by atoms with Crippen molar-refractivity contribution in [2.24, 2.45) is 0 Å². The van der Waals surface area contributed by atoms with Crippen molar-refractivity contribution in [2.45, 2.75) is 71.9 Å². The van der Waals surface area contributed by atoms with Gasteiger partial charge in [0.15, 0.2) is 0 Å². The van der Waals surface area contributed by atoms with E-state index in [1.807, 2.05) is 49.4 Å². The van der Waals surface area contributed by atoms with E-state index in [1.165, 1.54) is 0 Å². The van der Waals surface area contributed by atoms with Gasteiger partial charge in [0, 0.05) is 24.3 Å². The summed E-state index contributed by atoms with van der Waals surface area (Å²) in [7, 11) is 0. The normalized spacial score (nSPS) is 12.4. The summed E-state index contributed by atoms with van der Waals surface area (Å²) in [5.74, 6) is -0.597. The molecule has 1 atom stereocenters. The summed E-state index contributed by atoms with van der Waals surface area (Å²) in [6.45, 7) is 9.39. The fourth-order valence-corrected chi connectivity index (χ4v) is 3.75. The molecule has 0 aliphatic rings. The molecule has 0 fully saturated rings. The molecule has 0 radical (unpaired) electrons. The predicted octanol–water partition coefficient (Wildman–Crippen LogP) is 5.26. The number of nitrogens with one attached hydrogen (secondary N) is 2. The van der Waals surface area contributed by atoms with E-state index >= 15 is 0 Å². The zero-order valence-electron chi connectivity index (χ0n) is 20.6. The number of hydrogen-bond acceptors (Lipinski definition) is 6. The molecule has 7 heteroatoms. The molecule has 3 rings (SSSR count). The molecule has 0 aliphatic carbocycles. The van der Waals surface area contributed by atoms with Crippen LogP contribution in [0.1, 0.15) is 59.6 Å². The number of carbonyl (C=O) groups excluding carboxylic acids is 1. The lowest BCUT2D eigenvalue weighted by Crippen LogP contribution is -2.31. The fraction of sp³-hybridized carbons (Fsp3) is 0.407. The van der Waals surface area contributed by atoms with Crippen LogP contribution in [0.5, 0.6) is 0 Å². The molecule has 2 heterocycles. The SMILES string of the molecule is CCCCc1nc2ccccn2c(=O)c1-c1ccc(N[C@@H](C)CC(=N)C(=O)OC(C)(C)C)cc1. The highest BCUT2D eigenvalue weighted by Gasteiger charge is 2.21. The van der Waals surface area contributed by atoms with E-state index in [1.54, 1.807) is 31.4 Å². The van der Waals surface area contributed by atoms with Gasteiger partial charge in [-0.2, -0.15) is 0 Å². The molecule has 1 aromatic carbocycles. The van der Waals surface area contributed by atoms with E-state index < -0.39 is 11.6 Å². The summed E-state index contributed by atoms with van der Waals surface area (Å²) in [4.78, 5) is 30.1. The van der Waals surface area contributed by atoms with E-state index in [4.69, 9.17) is 15.1 Å². The Balaban J connectivity index is 1.79. The number of benzene rings is 1. The Morgan fingerprint density at radius 1 is 1.18 bits per heavy atom. The number of hydrogen-bond donors (Lipinski definition) is 2. The molecule has 0 saturated heterocycles. The van der Waals surface area contributed by atoms with Crippen molar-refractivity contribution >= 4 is 23.0 Å². The second-order valence-electron chi connectivity index (χ2n) is 9.58. The molecule has 0 spiro atoms. The van der Waals surface area contributed by atoms with Crippen molar-refractivity contribution in [1.29, 1.82) is 5.41 Å². The molecule has 0 amide bonds. The van der Waals surface area contributed by atoms with Gasteiger partial charge in [-0.3, -0.25) is 14.6 Å². The van der Waals surface area contributed by atoms with Crippen LogP contribution in [0.4, 0.5) is 5.69 Å². The van der Waals surface area contributed by atoms with Gasteiger partial charge in [-0.15, -0.1) is 0 Å². The number of nitrogens with zero attached hydrogens (tertiary/aromatic N) is 2. The number of ether oxygens (including phenoxy) is 1. The van der Waals surface area contributed by atoms with Gasteiger partial charge in [-0.1, -0.05) is 31.5 Å². The maximum absolute atomic E-state index is 13.3. The summed E-state index contributed by atoms with van der Waals surface area (Å²) in [5.41, 5.74) is 3.00. The molecule has 34 heavy (non-hydrogen) atoms. The first-order valence-corrected chi connectivity index (χ1v) is 11.8. The minimum absolute atomic E-state index is 0.0672. The molecule has 0 aliphatic heterocycles. The molecule has 3 aromatic rings. The summed E-state index contributed by atoms with van der Waals surface area (Å²) in [6, 6.07) is 13.1. The number of rotatable bonds is 9. The topological polar surface area (TPSA) is 96.5 Å². The van der Waals surface area contributed by atoms with Crippen molar-refractivity contribution in [2.75, 3.05) is 5.32 Å². The number of anilines is 1. The third-order valence-corrected chi connectivity index (χ3v) is 5.32. The van der Waals surface area contributed by atoms with E-state index in [2.05, 4.69) is 12.2 Å². The van der Waals surface area contributed by atoms with E-state index in [0.29, 0.717) is 11.2 Å². The van der Waals surface area contributed by atoms with Gasteiger partial charge in [0.05, 0.1) is 11.3 Å². The fourth-order valence-electron chi connectivity index (χ4n) is 3.75. The summed E-state index contributed by atoms with van der Waals surface area (Å²) in [5, 5.41) is 11.3. The van der Waals surface area contributed by atoms with Crippen LogP contribution in [0.25, 0.3) is 16.8 Å². The molecular formula is C27H34N4O3. The minimum atomic E-state index is -0.623. The van der Waals surface area contributed by atoms with Crippen LogP contribution in [0.2, 0.25) is 0 Å². The highest BCUT2D eigenvalue weighted by molar-refractivity contribution is 6.35. The Morgan fingerprint density at radius 2 is 1.88 bits per heavy atom. The van der Waals surface area contributed by atoms with Crippen molar-refractivity contribution in [3.8, 4) is 11.1 Å². The average Bonchev–Trinajstić information content (AvgIpc) is 2.77. The summed E-state index contributed by atoms with van der Waals surface area (Å²) >= 11 is 0. The number of carbonyl (C=O) groups is 1. The van der Waals surface area contributed by atoms with E-state index in [-0.39, 0.29) is 23.7 Å². The Labute approximate surface area is 200 Å². The first-order valence-electron chi connectivity index (χ1n) is 11.8. The van der Waals surface area contributed by atoms with Crippen molar-refractivity contribution < 1.29 is 9.53 Å². The van der Waals surface area contributed by atoms with Crippen molar-refractivity contribution in [1.82, 2.24) is 9.38 Å². The first kappa shape index (κ1) is 25.1. The van der Waals surface area contributed by atoms with Crippen molar-refractivity contribution in [3.63, 3.8) is 0 Å². The van der Waals surface area contributed by atoms with Gasteiger partial charge < -0.3 is 10.1 Å². The van der Waals surface area contributed by atoms with Gasteiger partial charge in [-0.25, -0.2) is 9.78 Å². The van der Waals surface area contributed by atoms with Gasteiger partial charge in [0.1, 0.15) is 17.0 Å². The smallest absolute Gasteiger partial charge is 0.352 e. The monoisotopic (exact) mass is 462 g/mol. The molecular weight excluding hydrogens is 428 g/mol. The second-order valence-corrected chi connectivity index (χ2v) is 9.58. The van der Waals surface area contributed by atoms with E-state index in [9.17, 15) is 9.59 Å². The van der Waals surface area contributed by atoms with Gasteiger partial charge >= 0.3 is 5.97 Å². The van der Waals surface area contributed by atoms with Crippen LogP contribution >= 0.6 is 0 Å². The zero-order valence-corrected chi connectivity index (χ0v) is 20.6. The van der Waals surface area contributed by atoms with Crippen LogP contribution in [0.3, 0.4) is 0 Å². The number of fused-ring (bicyclic) bond motifs is 1. The zero-order chi connectivity index (χ0) is 24.9. The van der Waals surface area contributed by atoms with E-state index in [0.717, 1.165) is 36.2 Å². The lowest BCUT2D eigenvalue weighted by atomic mass is 10.0. The third-order valence-electron chi connectivity index (χ3n) is 5.32.